The van der Waals surface area contributed by atoms with Crippen LogP contribution in [0.5, 0.6) is 0 Å². The summed E-state index contributed by atoms with van der Waals surface area (Å²) in [6, 6.07) is 8.71. The van der Waals surface area contributed by atoms with Gasteiger partial charge in [0.2, 0.25) is 0 Å². The molecule has 2 unspecified atom stereocenters. The number of hydrogen-bond acceptors (Lipinski definition) is 2. The first-order chi connectivity index (χ1) is 8.70. The van der Waals surface area contributed by atoms with E-state index >= 15 is 0 Å². The maximum Gasteiger partial charge on any atom is 0.188 e. The van der Waals surface area contributed by atoms with Gasteiger partial charge in [0, 0.05) is 25.6 Å². The first-order valence-electron chi connectivity index (χ1n) is 6.34. The number of benzene rings is 1. The maximum atomic E-state index is 5.84. The molecule has 0 saturated heterocycles. The average Bonchev–Trinajstić information content (AvgIpc) is 2.30. The van der Waals surface area contributed by atoms with Crippen LogP contribution in [0.3, 0.4) is 0 Å². The Hall–Kier alpha value is -0.820. The van der Waals surface area contributed by atoms with E-state index in [0.29, 0.717) is 18.5 Å². The second kappa shape index (κ2) is 7.69. The third kappa shape index (κ3) is 4.35. The molecule has 0 aromatic heterocycles. The lowest BCUT2D eigenvalue weighted by Gasteiger charge is -2.28. The van der Waals surface area contributed by atoms with Crippen molar-refractivity contribution in [2.75, 3.05) is 20.3 Å². The van der Waals surface area contributed by atoms with Crippen LogP contribution >= 0.6 is 24.0 Å². The summed E-state index contributed by atoms with van der Waals surface area (Å²) in [5, 5.41) is 3.11. The smallest absolute Gasteiger partial charge is 0.188 e. The highest BCUT2D eigenvalue weighted by molar-refractivity contribution is 14.0. The number of rotatable bonds is 5. The largest absolute Gasteiger partial charge is 0.383 e. The second-order valence-electron chi connectivity index (χ2n) is 4.83. The Labute approximate surface area is 131 Å². The highest BCUT2D eigenvalue weighted by atomic mass is 127. The topological polar surface area (TPSA) is 59.6 Å². The van der Waals surface area contributed by atoms with Gasteiger partial charge in [0.05, 0.1) is 6.61 Å². The summed E-state index contributed by atoms with van der Waals surface area (Å²) >= 11 is 0. The van der Waals surface area contributed by atoms with Gasteiger partial charge in [0.25, 0.3) is 0 Å². The van der Waals surface area contributed by atoms with Crippen molar-refractivity contribution in [1.82, 2.24) is 5.32 Å². The first-order valence-corrected chi connectivity index (χ1v) is 6.34. The number of halogens is 1. The van der Waals surface area contributed by atoms with E-state index in [2.05, 4.69) is 34.6 Å². The van der Waals surface area contributed by atoms with Crippen molar-refractivity contribution in [2.45, 2.75) is 25.3 Å². The predicted molar refractivity (Wildman–Crippen MR) is 89.3 cm³/mol. The molecule has 0 bridgehead atoms. The Bertz CT molecular complexity index is 436. The van der Waals surface area contributed by atoms with Gasteiger partial charge in [-0.2, -0.15) is 0 Å². The van der Waals surface area contributed by atoms with Crippen molar-refractivity contribution in [3.63, 3.8) is 0 Å². The molecule has 1 aliphatic carbocycles. The number of fused-ring (bicyclic) bond motifs is 1. The fourth-order valence-electron chi connectivity index (χ4n) is 2.32. The maximum absolute atomic E-state index is 5.84. The fraction of sp³-hybridized carbons (Fsp3) is 0.500. The van der Waals surface area contributed by atoms with Gasteiger partial charge in [-0.05, 0) is 24.5 Å². The summed E-state index contributed by atoms with van der Waals surface area (Å²) in [4.78, 5) is 4.40. The quantitative estimate of drug-likeness (QED) is 0.470. The van der Waals surface area contributed by atoms with Crippen molar-refractivity contribution in [2.24, 2.45) is 10.7 Å². The van der Waals surface area contributed by atoms with Crippen LogP contribution in [-0.4, -0.2) is 32.3 Å². The molecular formula is C14H22IN3O. The second-order valence-corrected chi connectivity index (χ2v) is 4.83. The lowest BCUT2D eigenvalue weighted by Crippen LogP contribution is -2.41. The molecule has 3 N–H and O–H groups in total. The van der Waals surface area contributed by atoms with Crippen LogP contribution in [0, 0.1) is 0 Å². The number of nitrogens with zero attached hydrogens (tertiary/aromatic N) is 1. The van der Waals surface area contributed by atoms with Gasteiger partial charge in [-0.1, -0.05) is 24.3 Å². The van der Waals surface area contributed by atoms with Crippen LogP contribution in [0.2, 0.25) is 0 Å². The third-order valence-corrected chi connectivity index (χ3v) is 3.25. The molecule has 2 rings (SSSR count). The normalized spacial score (nSPS) is 18.8. The zero-order valence-corrected chi connectivity index (χ0v) is 13.8. The third-order valence-electron chi connectivity index (χ3n) is 3.25. The monoisotopic (exact) mass is 375 g/mol. The molecule has 106 valence electrons. The SMILES string of the molecule is COCC(C)NC(N)=NCC1Cc2ccccc21.I. The van der Waals surface area contributed by atoms with Gasteiger partial charge >= 0.3 is 0 Å². The van der Waals surface area contributed by atoms with E-state index in [4.69, 9.17) is 10.5 Å². The van der Waals surface area contributed by atoms with Gasteiger partial charge in [-0.15, -0.1) is 24.0 Å². The van der Waals surface area contributed by atoms with Gasteiger partial charge in [0.1, 0.15) is 0 Å². The molecule has 0 heterocycles. The number of hydrogen-bond donors (Lipinski definition) is 2. The molecule has 0 amide bonds. The zero-order valence-electron chi connectivity index (χ0n) is 11.4. The Morgan fingerprint density at radius 2 is 2.26 bits per heavy atom. The summed E-state index contributed by atoms with van der Waals surface area (Å²) in [6.45, 7) is 3.41. The Morgan fingerprint density at radius 3 is 2.95 bits per heavy atom. The van der Waals surface area contributed by atoms with Crippen molar-refractivity contribution in [1.29, 1.82) is 0 Å². The molecule has 2 atom stereocenters. The summed E-state index contributed by atoms with van der Waals surface area (Å²) in [5.41, 5.74) is 8.69. The Balaban J connectivity index is 0.00000180. The number of guanidine groups is 1. The number of nitrogens with two attached hydrogens (primary N) is 1. The molecule has 1 aromatic carbocycles. The van der Waals surface area contributed by atoms with Crippen LogP contribution in [0.25, 0.3) is 0 Å². The van der Waals surface area contributed by atoms with E-state index in [-0.39, 0.29) is 30.0 Å². The number of ether oxygens (including phenoxy) is 1. The minimum absolute atomic E-state index is 0. The summed E-state index contributed by atoms with van der Waals surface area (Å²) in [5.74, 6) is 1.03. The summed E-state index contributed by atoms with van der Waals surface area (Å²) in [7, 11) is 1.68. The average molecular weight is 375 g/mol. The molecule has 4 nitrogen and oxygen atoms in total. The number of methoxy groups -OCH3 is 1. The minimum atomic E-state index is 0. The van der Waals surface area contributed by atoms with E-state index in [9.17, 15) is 0 Å². The highest BCUT2D eigenvalue weighted by Gasteiger charge is 2.24. The zero-order chi connectivity index (χ0) is 13.0. The lowest BCUT2D eigenvalue weighted by molar-refractivity contribution is 0.179. The van der Waals surface area contributed by atoms with Crippen molar-refractivity contribution >= 4 is 29.9 Å². The van der Waals surface area contributed by atoms with E-state index in [0.717, 1.165) is 13.0 Å². The van der Waals surface area contributed by atoms with E-state index in [1.54, 1.807) is 7.11 Å². The van der Waals surface area contributed by atoms with Crippen molar-refractivity contribution in [3.05, 3.63) is 35.4 Å². The van der Waals surface area contributed by atoms with Gasteiger partial charge in [-0.25, -0.2) is 0 Å². The Kier molecular flexibility index (Phi) is 6.57. The summed E-state index contributed by atoms with van der Waals surface area (Å²) < 4.78 is 5.04. The van der Waals surface area contributed by atoms with E-state index < -0.39 is 0 Å². The molecule has 0 radical (unpaired) electrons. The van der Waals surface area contributed by atoms with Crippen molar-refractivity contribution < 1.29 is 4.74 Å². The molecule has 0 aliphatic heterocycles. The van der Waals surface area contributed by atoms with Crippen LogP contribution in [0.15, 0.2) is 29.3 Å². The van der Waals surface area contributed by atoms with Gasteiger partial charge in [0.15, 0.2) is 5.96 Å². The molecule has 0 spiro atoms. The molecule has 1 aliphatic rings. The van der Waals surface area contributed by atoms with Gasteiger partial charge in [-0.3, -0.25) is 4.99 Å². The molecule has 0 fully saturated rings. The lowest BCUT2D eigenvalue weighted by atomic mass is 9.78. The molecular weight excluding hydrogens is 353 g/mol. The van der Waals surface area contributed by atoms with Crippen LogP contribution in [-0.2, 0) is 11.2 Å². The summed E-state index contributed by atoms with van der Waals surface area (Å²) in [6.07, 6.45) is 1.11. The molecule has 5 heteroatoms. The molecule has 1 aromatic rings. The van der Waals surface area contributed by atoms with E-state index in [1.807, 2.05) is 6.92 Å². The van der Waals surface area contributed by atoms with Crippen LogP contribution < -0.4 is 11.1 Å². The molecule has 0 saturated carbocycles. The predicted octanol–water partition coefficient (Wildman–Crippen LogP) is 1.88. The van der Waals surface area contributed by atoms with Crippen LogP contribution in [0.1, 0.15) is 24.0 Å². The first kappa shape index (κ1) is 16.2. The van der Waals surface area contributed by atoms with E-state index in [1.165, 1.54) is 11.1 Å². The standard InChI is InChI=1S/C14H21N3O.HI/c1-10(9-18-2)17-14(15)16-8-12-7-11-5-3-4-6-13(11)12;/h3-6,10,12H,7-9H2,1-2H3,(H3,15,16,17);1H. The van der Waals surface area contributed by atoms with Crippen molar-refractivity contribution in [3.8, 4) is 0 Å². The number of nitrogens with one attached hydrogen (secondary N) is 1. The van der Waals surface area contributed by atoms with Gasteiger partial charge < -0.3 is 15.8 Å². The van der Waals surface area contributed by atoms with Crippen LogP contribution in [0.4, 0.5) is 0 Å². The fourth-order valence-corrected chi connectivity index (χ4v) is 2.32. The minimum Gasteiger partial charge on any atom is -0.383 e. The molecule has 19 heavy (non-hydrogen) atoms. The highest BCUT2D eigenvalue weighted by Crippen LogP contribution is 2.34. The Morgan fingerprint density at radius 1 is 1.53 bits per heavy atom. The number of aliphatic imine (C=N–C) groups is 1.